The molecule has 8 nitrogen and oxygen atoms in total. The van der Waals surface area contributed by atoms with Gasteiger partial charge in [0.15, 0.2) is 17.6 Å². The highest BCUT2D eigenvalue weighted by molar-refractivity contribution is 5.76. The molecule has 0 spiro atoms. The summed E-state index contributed by atoms with van der Waals surface area (Å²) in [5.41, 5.74) is 1.81. The molecule has 3 atom stereocenters. The molecule has 1 heterocycles. The number of ether oxygens (including phenoxy) is 6. The summed E-state index contributed by atoms with van der Waals surface area (Å²) in [5, 5.41) is 0. The second kappa shape index (κ2) is 13.5. The number of carbonyl (C=O) groups is 2. The summed E-state index contributed by atoms with van der Waals surface area (Å²) in [7, 11) is 1.51. The molecule has 0 saturated heterocycles. The number of hydrogen-bond acceptors (Lipinski definition) is 8. The zero-order chi connectivity index (χ0) is 29.4. The molecular formula is C33H38O8. The van der Waals surface area contributed by atoms with Crippen LogP contribution in [0.2, 0.25) is 0 Å². The Balaban J connectivity index is 1.68. The second-order valence-corrected chi connectivity index (χ2v) is 10.8. The van der Waals surface area contributed by atoms with Crippen molar-refractivity contribution in [3.05, 3.63) is 89.5 Å². The number of esters is 1. The van der Waals surface area contributed by atoms with Crippen molar-refractivity contribution in [2.45, 2.75) is 70.9 Å². The molecule has 0 saturated carbocycles. The Bertz CT molecular complexity index is 1300. The minimum absolute atomic E-state index is 0.145. The molecule has 41 heavy (non-hydrogen) atoms. The fraction of sp³-hybridized carbons (Fsp3) is 0.394. The number of rotatable bonds is 10. The van der Waals surface area contributed by atoms with Crippen LogP contribution in [-0.2, 0) is 19.0 Å². The number of benzene rings is 3. The minimum atomic E-state index is -0.980. The molecule has 0 aromatic heterocycles. The van der Waals surface area contributed by atoms with Crippen molar-refractivity contribution in [2.75, 3.05) is 13.7 Å². The topological polar surface area (TPSA) is 89.5 Å². The molecule has 8 heteroatoms. The first-order chi connectivity index (χ1) is 19.7. The lowest BCUT2D eigenvalue weighted by molar-refractivity contribution is -0.179. The Labute approximate surface area is 241 Å². The summed E-state index contributed by atoms with van der Waals surface area (Å²) in [5.74, 6) is 0.327. The van der Waals surface area contributed by atoms with E-state index in [9.17, 15) is 9.59 Å². The second-order valence-electron chi connectivity index (χ2n) is 10.8. The first-order valence-corrected chi connectivity index (χ1v) is 13.9. The maximum Gasteiger partial charge on any atom is 0.514 e. The van der Waals surface area contributed by atoms with E-state index < -0.39 is 30.1 Å². The minimum Gasteiger partial charge on any atom is -0.493 e. The Kier molecular flexibility index (Phi) is 9.89. The average Bonchev–Trinajstić information content (AvgIpc) is 2.95. The summed E-state index contributed by atoms with van der Waals surface area (Å²) >= 11 is 0. The molecule has 3 aromatic carbocycles. The number of fused-ring (bicyclic) bond motifs is 1. The summed E-state index contributed by atoms with van der Waals surface area (Å²) in [4.78, 5) is 25.7. The van der Waals surface area contributed by atoms with E-state index in [0.29, 0.717) is 30.1 Å². The highest BCUT2D eigenvalue weighted by Gasteiger charge is 2.36. The smallest absolute Gasteiger partial charge is 0.493 e. The van der Waals surface area contributed by atoms with Crippen molar-refractivity contribution in [3.63, 3.8) is 0 Å². The highest BCUT2D eigenvalue weighted by Crippen LogP contribution is 2.46. The van der Waals surface area contributed by atoms with Gasteiger partial charge in [-0.2, -0.15) is 0 Å². The lowest BCUT2D eigenvalue weighted by atomic mass is 9.86. The fourth-order valence-corrected chi connectivity index (χ4v) is 4.57. The van der Waals surface area contributed by atoms with Crippen molar-refractivity contribution < 1.29 is 38.0 Å². The predicted molar refractivity (Wildman–Crippen MR) is 153 cm³/mol. The van der Waals surface area contributed by atoms with Gasteiger partial charge in [0.2, 0.25) is 6.29 Å². The quantitative estimate of drug-likeness (QED) is 0.144. The first kappa shape index (κ1) is 29.9. The van der Waals surface area contributed by atoms with Crippen LogP contribution in [0.15, 0.2) is 72.8 Å². The molecule has 4 rings (SSSR count). The third kappa shape index (κ3) is 8.01. The molecule has 1 aliphatic heterocycles. The predicted octanol–water partition coefficient (Wildman–Crippen LogP) is 7.35. The van der Waals surface area contributed by atoms with Crippen LogP contribution in [0, 0.1) is 0 Å². The fourth-order valence-electron chi connectivity index (χ4n) is 4.57. The number of hydrogen-bond donors (Lipinski definition) is 0. The van der Waals surface area contributed by atoms with Gasteiger partial charge in [-0.3, -0.25) is 0 Å². The van der Waals surface area contributed by atoms with Gasteiger partial charge in [-0.05, 0) is 44.4 Å². The lowest BCUT2D eigenvalue weighted by Gasteiger charge is -2.34. The zero-order valence-electron chi connectivity index (χ0n) is 24.3. The van der Waals surface area contributed by atoms with Crippen LogP contribution in [0.4, 0.5) is 4.79 Å². The van der Waals surface area contributed by atoms with Crippen LogP contribution in [0.1, 0.15) is 75.7 Å². The van der Waals surface area contributed by atoms with Gasteiger partial charge in [-0.25, -0.2) is 9.59 Å². The molecule has 0 amide bonds. The summed E-state index contributed by atoms with van der Waals surface area (Å²) in [6.45, 7) is 7.61. The van der Waals surface area contributed by atoms with Gasteiger partial charge in [-0.1, -0.05) is 74.0 Å². The van der Waals surface area contributed by atoms with Crippen molar-refractivity contribution in [3.8, 4) is 17.2 Å². The standard InChI is InChI=1S/C33H38O8/c1-6-7-18-37-31(34)30(23-16-12-9-13-17-23)40-29-20-24(22-14-10-8-11-15-22)25-19-27(36-5)28(21-26(25)38-29)39-32(35)41-33(2,3)4/h8-17,19,21,24,29-30H,6-7,18,20H2,1-5H3/t24-,29-,30?/m1/s1. The normalized spacial score (nSPS) is 17.0. The van der Waals surface area contributed by atoms with Crippen LogP contribution >= 0.6 is 0 Å². The largest absolute Gasteiger partial charge is 0.514 e. The molecule has 3 aromatic rings. The summed E-state index contributed by atoms with van der Waals surface area (Å²) in [6, 6.07) is 22.6. The monoisotopic (exact) mass is 562 g/mol. The van der Waals surface area contributed by atoms with E-state index in [1.54, 1.807) is 32.9 Å². The number of methoxy groups -OCH3 is 1. The van der Waals surface area contributed by atoms with Crippen LogP contribution in [0.3, 0.4) is 0 Å². The van der Waals surface area contributed by atoms with Crippen molar-refractivity contribution in [1.29, 1.82) is 0 Å². The Morgan fingerprint density at radius 1 is 0.976 bits per heavy atom. The molecule has 0 bridgehead atoms. The molecule has 1 unspecified atom stereocenters. The Hall–Kier alpha value is -4.04. The van der Waals surface area contributed by atoms with Crippen LogP contribution in [0.25, 0.3) is 0 Å². The van der Waals surface area contributed by atoms with E-state index >= 15 is 0 Å². The third-order valence-electron chi connectivity index (χ3n) is 6.49. The van der Waals surface area contributed by atoms with E-state index in [4.69, 9.17) is 28.4 Å². The van der Waals surface area contributed by atoms with Crippen molar-refractivity contribution in [1.82, 2.24) is 0 Å². The van der Waals surface area contributed by atoms with Gasteiger partial charge in [0, 0.05) is 24.0 Å². The highest BCUT2D eigenvalue weighted by atomic mass is 16.7. The zero-order valence-corrected chi connectivity index (χ0v) is 24.3. The molecular weight excluding hydrogens is 524 g/mol. The van der Waals surface area contributed by atoms with E-state index in [-0.39, 0.29) is 11.7 Å². The van der Waals surface area contributed by atoms with Gasteiger partial charge < -0.3 is 28.4 Å². The van der Waals surface area contributed by atoms with E-state index in [2.05, 4.69) is 0 Å². The van der Waals surface area contributed by atoms with Gasteiger partial charge in [0.05, 0.1) is 13.7 Å². The van der Waals surface area contributed by atoms with E-state index in [0.717, 1.165) is 24.0 Å². The molecule has 0 fully saturated rings. The maximum atomic E-state index is 13.2. The van der Waals surface area contributed by atoms with Crippen LogP contribution < -0.4 is 14.2 Å². The lowest BCUT2D eigenvalue weighted by Crippen LogP contribution is -2.33. The third-order valence-corrected chi connectivity index (χ3v) is 6.49. The molecule has 0 N–H and O–H groups in total. The average molecular weight is 563 g/mol. The molecule has 218 valence electrons. The van der Waals surface area contributed by atoms with Crippen molar-refractivity contribution >= 4 is 12.1 Å². The summed E-state index contributed by atoms with van der Waals surface area (Å²) < 4.78 is 34.6. The van der Waals surface area contributed by atoms with Gasteiger partial charge in [0.25, 0.3) is 0 Å². The molecule has 1 aliphatic rings. The summed E-state index contributed by atoms with van der Waals surface area (Å²) in [6.07, 6.45) is -0.552. The number of carbonyl (C=O) groups excluding carboxylic acids is 2. The first-order valence-electron chi connectivity index (χ1n) is 13.9. The van der Waals surface area contributed by atoms with Gasteiger partial charge in [0.1, 0.15) is 11.4 Å². The van der Waals surface area contributed by atoms with Crippen LogP contribution in [0.5, 0.6) is 17.2 Å². The SMILES string of the molecule is CCCCOC(=O)C(O[C@@H]1C[C@H](c2ccccc2)c2cc(OC)c(OC(=O)OC(C)(C)C)cc2O1)c1ccccc1. The Morgan fingerprint density at radius 2 is 1.66 bits per heavy atom. The van der Waals surface area contributed by atoms with E-state index in [1.165, 1.54) is 7.11 Å². The van der Waals surface area contributed by atoms with Crippen molar-refractivity contribution in [2.24, 2.45) is 0 Å². The van der Waals surface area contributed by atoms with Crippen LogP contribution in [-0.4, -0.2) is 37.7 Å². The van der Waals surface area contributed by atoms with Gasteiger partial charge in [-0.15, -0.1) is 0 Å². The number of unbranched alkanes of at least 4 members (excludes halogenated alkanes) is 1. The van der Waals surface area contributed by atoms with Gasteiger partial charge >= 0.3 is 12.1 Å². The molecule has 0 aliphatic carbocycles. The molecule has 0 radical (unpaired) electrons. The Morgan fingerprint density at radius 3 is 2.29 bits per heavy atom. The maximum absolute atomic E-state index is 13.2. The van der Waals surface area contributed by atoms with E-state index in [1.807, 2.05) is 67.6 Å².